The summed E-state index contributed by atoms with van der Waals surface area (Å²) >= 11 is 4.17. The summed E-state index contributed by atoms with van der Waals surface area (Å²) in [6, 6.07) is 9.66. The second-order valence-corrected chi connectivity index (χ2v) is 9.56. The fraction of sp³-hybridized carbons (Fsp3) is 0.280. The van der Waals surface area contributed by atoms with Gasteiger partial charge in [-0.05, 0) is 84.4 Å². The van der Waals surface area contributed by atoms with Gasteiger partial charge in [0, 0.05) is 5.69 Å². The smallest absolute Gasteiger partial charge is 0.328 e. The molecule has 3 rings (SSSR count). The van der Waals surface area contributed by atoms with Crippen LogP contribution in [0.1, 0.15) is 25.0 Å². The van der Waals surface area contributed by atoms with Crippen molar-refractivity contribution in [3.8, 4) is 11.5 Å². The van der Waals surface area contributed by atoms with Crippen molar-refractivity contribution in [1.82, 2.24) is 4.90 Å². The van der Waals surface area contributed by atoms with Gasteiger partial charge in [0.15, 0.2) is 18.1 Å². The molecule has 0 radical (unpaired) electrons. The summed E-state index contributed by atoms with van der Waals surface area (Å²) in [7, 11) is 1.19. The highest BCUT2D eigenvalue weighted by molar-refractivity contribution is 9.10. The third-order valence-electron chi connectivity index (χ3n) is 5.07. The Labute approximate surface area is 221 Å². The molecule has 1 heterocycles. The zero-order chi connectivity index (χ0) is 26.4. The topological polar surface area (TPSA) is 111 Å². The second-order valence-electron chi connectivity index (χ2n) is 7.72. The summed E-state index contributed by atoms with van der Waals surface area (Å²) in [5.74, 6) is -0.951. The average molecular weight is 577 g/mol. The van der Waals surface area contributed by atoms with Crippen molar-refractivity contribution in [3.05, 3.63) is 56.9 Å². The van der Waals surface area contributed by atoms with Gasteiger partial charge in [-0.3, -0.25) is 19.3 Å². The highest BCUT2D eigenvalue weighted by Gasteiger charge is 2.41. The molecule has 0 bridgehead atoms. The molecule has 1 aliphatic rings. The Morgan fingerprint density at radius 3 is 2.50 bits per heavy atom. The van der Waals surface area contributed by atoms with E-state index in [1.807, 2.05) is 19.1 Å². The number of benzene rings is 2. The Bertz CT molecular complexity index is 1210. The van der Waals surface area contributed by atoms with Crippen LogP contribution in [-0.4, -0.2) is 54.3 Å². The molecule has 190 valence electrons. The summed E-state index contributed by atoms with van der Waals surface area (Å²) in [6.07, 6.45) is 1.52. The third kappa shape index (κ3) is 6.46. The molecule has 1 saturated heterocycles. The number of ether oxygens (including phenoxy) is 3. The molecular weight excluding hydrogens is 552 g/mol. The van der Waals surface area contributed by atoms with Gasteiger partial charge in [0.1, 0.15) is 6.04 Å². The number of hydrogen-bond acceptors (Lipinski definition) is 8. The van der Waals surface area contributed by atoms with E-state index in [0.29, 0.717) is 33.8 Å². The Morgan fingerprint density at radius 2 is 1.86 bits per heavy atom. The van der Waals surface area contributed by atoms with E-state index in [4.69, 9.17) is 9.47 Å². The summed E-state index contributed by atoms with van der Waals surface area (Å²) in [5, 5.41) is 2.20. The number of methoxy groups -OCH3 is 1. The largest absolute Gasteiger partial charge is 0.490 e. The van der Waals surface area contributed by atoms with E-state index >= 15 is 0 Å². The number of imide groups is 1. The molecule has 1 N–H and O–H groups in total. The fourth-order valence-electron chi connectivity index (χ4n) is 3.29. The molecule has 1 atom stereocenters. The van der Waals surface area contributed by atoms with E-state index in [9.17, 15) is 19.2 Å². The number of halogens is 1. The van der Waals surface area contributed by atoms with Crippen LogP contribution in [0.4, 0.5) is 10.5 Å². The lowest BCUT2D eigenvalue weighted by molar-refractivity contribution is -0.148. The normalized spacial score (nSPS) is 15.1. The zero-order valence-corrected chi connectivity index (χ0v) is 22.5. The van der Waals surface area contributed by atoms with Crippen LogP contribution in [0, 0.1) is 6.92 Å². The SMILES string of the molecule is CCOc1cc(/C=C2/SC(=O)N([C@H](C)C(=O)OC)C2=O)cc(Br)c1OCC(=O)Nc1ccc(C)cc1. The summed E-state index contributed by atoms with van der Waals surface area (Å²) in [5.41, 5.74) is 2.29. The molecule has 9 nitrogen and oxygen atoms in total. The number of carbonyl (C=O) groups excluding carboxylic acids is 4. The van der Waals surface area contributed by atoms with Gasteiger partial charge in [0.25, 0.3) is 17.1 Å². The van der Waals surface area contributed by atoms with Gasteiger partial charge in [-0.15, -0.1) is 0 Å². The van der Waals surface area contributed by atoms with Gasteiger partial charge >= 0.3 is 5.97 Å². The predicted molar refractivity (Wildman–Crippen MR) is 140 cm³/mol. The molecule has 36 heavy (non-hydrogen) atoms. The molecule has 2 aromatic carbocycles. The molecule has 1 aliphatic heterocycles. The molecule has 3 amide bonds. The van der Waals surface area contributed by atoms with Crippen LogP contribution < -0.4 is 14.8 Å². The lowest BCUT2D eigenvalue weighted by Crippen LogP contribution is -2.42. The maximum atomic E-state index is 12.8. The Hall–Kier alpha value is -3.31. The standard InChI is InChI=1S/C25H25BrN2O7S/c1-5-34-19-11-16(12-20-23(30)28(25(32)36-20)15(3)24(31)33-4)10-18(26)22(19)35-13-21(29)27-17-8-6-14(2)7-9-17/h6-12,15H,5,13H2,1-4H3,(H,27,29)/b20-12+/t15-/m1/s1. The maximum Gasteiger partial charge on any atom is 0.328 e. The van der Waals surface area contributed by atoms with Gasteiger partial charge < -0.3 is 19.5 Å². The first kappa shape index (κ1) is 27.3. The van der Waals surface area contributed by atoms with Crippen LogP contribution in [-0.2, 0) is 19.1 Å². The molecule has 0 unspecified atom stereocenters. The van der Waals surface area contributed by atoms with Crippen LogP contribution in [0.25, 0.3) is 6.08 Å². The average Bonchev–Trinajstić information content (AvgIpc) is 3.11. The van der Waals surface area contributed by atoms with Gasteiger partial charge in [0.2, 0.25) is 0 Å². The lowest BCUT2D eigenvalue weighted by Gasteiger charge is -2.18. The summed E-state index contributed by atoms with van der Waals surface area (Å²) in [4.78, 5) is 50.3. The van der Waals surface area contributed by atoms with Crippen LogP contribution in [0.5, 0.6) is 11.5 Å². The number of amides is 3. The molecule has 0 aliphatic carbocycles. The summed E-state index contributed by atoms with van der Waals surface area (Å²) < 4.78 is 16.6. The van der Waals surface area contributed by atoms with Gasteiger partial charge in [-0.25, -0.2) is 4.79 Å². The lowest BCUT2D eigenvalue weighted by atomic mass is 10.1. The number of anilines is 1. The van der Waals surface area contributed by atoms with E-state index in [1.54, 1.807) is 31.2 Å². The first-order valence-electron chi connectivity index (χ1n) is 10.9. The van der Waals surface area contributed by atoms with E-state index in [0.717, 1.165) is 22.2 Å². The number of nitrogens with zero attached hydrogens (tertiary/aromatic N) is 1. The number of nitrogens with one attached hydrogen (secondary N) is 1. The number of esters is 1. The van der Waals surface area contributed by atoms with Crippen molar-refractivity contribution in [2.24, 2.45) is 0 Å². The molecule has 11 heteroatoms. The quantitative estimate of drug-likeness (QED) is 0.335. The molecule has 1 fully saturated rings. The number of thioether (sulfide) groups is 1. The minimum Gasteiger partial charge on any atom is -0.490 e. The van der Waals surface area contributed by atoms with Gasteiger partial charge in [-0.2, -0.15) is 0 Å². The highest BCUT2D eigenvalue weighted by Crippen LogP contribution is 2.39. The monoisotopic (exact) mass is 576 g/mol. The summed E-state index contributed by atoms with van der Waals surface area (Å²) in [6.45, 7) is 5.26. The van der Waals surface area contributed by atoms with Crippen LogP contribution in [0.2, 0.25) is 0 Å². The van der Waals surface area contributed by atoms with Gasteiger partial charge in [0.05, 0.1) is 23.1 Å². The second kappa shape index (κ2) is 12.1. The minimum absolute atomic E-state index is 0.149. The Kier molecular flexibility index (Phi) is 9.16. The van der Waals surface area contributed by atoms with E-state index < -0.39 is 23.2 Å². The Morgan fingerprint density at radius 1 is 1.17 bits per heavy atom. The van der Waals surface area contributed by atoms with Crippen LogP contribution in [0.3, 0.4) is 0 Å². The minimum atomic E-state index is -1.04. The predicted octanol–water partition coefficient (Wildman–Crippen LogP) is 4.77. The number of rotatable bonds is 9. The van der Waals surface area contributed by atoms with Crippen molar-refractivity contribution in [3.63, 3.8) is 0 Å². The number of aryl methyl sites for hydroxylation is 1. The zero-order valence-electron chi connectivity index (χ0n) is 20.1. The van der Waals surface area contributed by atoms with E-state index in [1.165, 1.54) is 20.1 Å². The third-order valence-corrected chi connectivity index (χ3v) is 6.54. The van der Waals surface area contributed by atoms with Crippen molar-refractivity contribution in [2.75, 3.05) is 25.6 Å². The fourth-order valence-corrected chi connectivity index (χ4v) is 4.77. The first-order chi connectivity index (χ1) is 17.1. The van der Waals surface area contributed by atoms with E-state index in [-0.39, 0.29) is 17.4 Å². The van der Waals surface area contributed by atoms with Crippen molar-refractivity contribution in [2.45, 2.75) is 26.8 Å². The molecule has 0 aromatic heterocycles. The number of hydrogen-bond donors (Lipinski definition) is 1. The van der Waals surface area contributed by atoms with Crippen LogP contribution in [0.15, 0.2) is 45.8 Å². The van der Waals surface area contributed by atoms with Crippen molar-refractivity contribution >= 4 is 62.5 Å². The molecule has 0 spiro atoms. The molecule has 0 saturated carbocycles. The molecular formula is C25H25BrN2O7S. The number of carbonyl (C=O) groups is 4. The van der Waals surface area contributed by atoms with Crippen LogP contribution >= 0.6 is 27.7 Å². The van der Waals surface area contributed by atoms with E-state index in [2.05, 4.69) is 26.0 Å². The maximum absolute atomic E-state index is 12.8. The first-order valence-corrected chi connectivity index (χ1v) is 12.6. The Balaban J connectivity index is 1.78. The van der Waals surface area contributed by atoms with Crippen molar-refractivity contribution in [1.29, 1.82) is 0 Å². The van der Waals surface area contributed by atoms with Crippen molar-refractivity contribution < 1.29 is 33.4 Å². The van der Waals surface area contributed by atoms with Gasteiger partial charge in [-0.1, -0.05) is 17.7 Å². The highest BCUT2D eigenvalue weighted by atomic mass is 79.9. The molecule has 2 aromatic rings.